The number of hydrogen-bond donors (Lipinski definition) is 0. The molecule has 0 bridgehead atoms. The van der Waals surface area contributed by atoms with Gasteiger partial charge in [-0.15, -0.1) is 11.6 Å². The smallest absolute Gasteiger partial charge is 0.118 e. The third-order valence-corrected chi connectivity index (χ3v) is 4.10. The maximum absolute atomic E-state index is 5.84. The van der Waals surface area contributed by atoms with E-state index < -0.39 is 0 Å². The molecule has 0 amide bonds. The molecule has 0 atom stereocenters. The second kappa shape index (κ2) is 7.00. The van der Waals surface area contributed by atoms with E-state index in [2.05, 4.69) is 58.2 Å². The Morgan fingerprint density at radius 3 is 2.30 bits per heavy atom. The van der Waals surface area contributed by atoms with E-state index >= 15 is 0 Å². The number of halogens is 2. The summed E-state index contributed by atoms with van der Waals surface area (Å²) in [7, 11) is 3.75. The van der Waals surface area contributed by atoms with Crippen molar-refractivity contribution < 1.29 is 4.74 Å². The molecule has 0 aliphatic carbocycles. The topological polar surface area (TPSA) is 12.5 Å². The predicted molar refractivity (Wildman–Crippen MR) is 88.8 cm³/mol. The molecule has 4 heteroatoms. The lowest BCUT2D eigenvalue weighted by Crippen LogP contribution is -2.16. The third-order valence-electron chi connectivity index (χ3n) is 3.16. The molecule has 0 unspecified atom stereocenters. The number of methoxy groups -OCH3 is 1. The first kappa shape index (κ1) is 15.2. The van der Waals surface area contributed by atoms with Gasteiger partial charge in [-0.05, 0) is 51.3 Å². The first-order valence-electron chi connectivity index (χ1n) is 6.32. The average Bonchev–Trinajstić information content (AvgIpc) is 2.47. The summed E-state index contributed by atoms with van der Waals surface area (Å²) in [5.41, 5.74) is 3.50. The minimum atomic E-state index is 0.529. The van der Waals surface area contributed by atoms with Gasteiger partial charge >= 0.3 is 0 Å². The van der Waals surface area contributed by atoms with Crippen LogP contribution in [0, 0.1) is 0 Å². The lowest BCUT2D eigenvalue weighted by Gasteiger charge is -2.21. The number of alkyl halides is 1. The van der Waals surface area contributed by atoms with Gasteiger partial charge in [-0.25, -0.2) is 0 Å². The van der Waals surface area contributed by atoms with Gasteiger partial charge in [0.15, 0.2) is 0 Å². The lowest BCUT2D eigenvalue weighted by molar-refractivity contribution is 0.414. The van der Waals surface area contributed by atoms with Crippen molar-refractivity contribution in [3.05, 3.63) is 58.1 Å². The summed E-state index contributed by atoms with van der Waals surface area (Å²) in [4.78, 5) is 2.20. The highest BCUT2D eigenvalue weighted by Gasteiger charge is 2.07. The van der Waals surface area contributed by atoms with Crippen molar-refractivity contribution in [1.29, 1.82) is 0 Å². The molecule has 0 N–H and O–H groups in total. The summed E-state index contributed by atoms with van der Waals surface area (Å²) >= 11 is 9.45. The van der Waals surface area contributed by atoms with Crippen molar-refractivity contribution in [1.82, 2.24) is 0 Å². The largest absolute Gasteiger partial charge is 0.497 e. The van der Waals surface area contributed by atoms with Crippen LogP contribution in [0.3, 0.4) is 0 Å². The van der Waals surface area contributed by atoms with Crippen molar-refractivity contribution in [2.75, 3.05) is 19.1 Å². The summed E-state index contributed by atoms with van der Waals surface area (Å²) in [6.07, 6.45) is 0. The van der Waals surface area contributed by atoms with E-state index in [9.17, 15) is 0 Å². The number of benzene rings is 2. The van der Waals surface area contributed by atoms with Crippen LogP contribution in [0.15, 0.2) is 46.9 Å². The molecule has 0 heterocycles. The number of ether oxygens (including phenoxy) is 1. The van der Waals surface area contributed by atoms with Crippen molar-refractivity contribution in [3.8, 4) is 5.75 Å². The Labute approximate surface area is 133 Å². The van der Waals surface area contributed by atoms with Gasteiger partial charge < -0.3 is 9.64 Å². The zero-order chi connectivity index (χ0) is 14.5. The molecule has 0 spiro atoms. The van der Waals surface area contributed by atoms with Gasteiger partial charge in [-0.1, -0.05) is 18.2 Å². The molecule has 2 aromatic rings. The molecular formula is C16H17BrClNO. The highest BCUT2D eigenvalue weighted by molar-refractivity contribution is 9.10. The molecule has 0 fully saturated rings. The highest BCUT2D eigenvalue weighted by atomic mass is 79.9. The zero-order valence-electron chi connectivity index (χ0n) is 11.6. The molecule has 2 aromatic carbocycles. The molecule has 0 radical (unpaired) electrons. The van der Waals surface area contributed by atoms with E-state index in [0.717, 1.165) is 28.0 Å². The molecule has 0 saturated carbocycles. The summed E-state index contributed by atoms with van der Waals surface area (Å²) in [6, 6.07) is 14.3. The summed E-state index contributed by atoms with van der Waals surface area (Å²) in [5, 5.41) is 0. The van der Waals surface area contributed by atoms with Crippen LogP contribution in [0.25, 0.3) is 0 Å². The van der Waals surface area contributed by atoms with Gasteiger partial charge in [0.1, 0.15) is 5.75 Å². The molecule has 2 nitrogen and oxygen atoms in total. The Morgan fingerprint density at radius 1 is 1.10 bits per heavy atom. The first-order chi connectivity index (χ1) is 9.63. The summed E-state index contributed by atoms with van der Waals surface area (Å²) in [6.45, 7) is 0.836. The molecule has 2 rings (SSSR count). The predicted octanol–water partition coefficient (Wildman–Crippen LogP) is 4.83. The maximum Gasteiger partial charge on any atom is 0.118 e. The van der Waals surface area contributed by atoms with Crippen molar-refractivity contribution >= 4 is 33.2 Å². The van der Waals surface area contributed by atoms with Crippen LogP contribution < -0.4 is 9.64 Å². The van der Waals surface area contributed by atoms with Crippen LogP contribution in [0.1, 0.15) is 11.1 Å². The second-order valence-corrected chi connectivity index (χ2v) is 5.75. The molecule has 0 aliphatic rings. The minimum Gasteiger partial charge on any atom is -0.497 e. The average molecular weight is 355 g/mol. The number of nitrogens with zero attached hydrogens (tertiary/aromatic N) is 1. The van der Waals surface area contributed by atoms with E-state index in [1.54, 1.807) is 7.11 Å². The van der Waals surface area contributed by atoms with E-state index in [4.69, 9.17) is 16.3 Å². The minimum absolute atomic E-state index is 0.529. The Bertz CT molecular complexity index is 571. The van der Waals surface area contributed by atoms with Crippen LogP contribution in [0.4, 0.5) is 5.69 Å². The fourth-order valence-corrected chi connectivity index (χ4v) is 2.93. The lowest BCUT2D eigenvalue weighted by atomic mass is 10.1. The van der Waals surface area contributed by atoms with E-state index in [1.807, 2.05) is 12.1 Å². The summed E-state index contributed by atoms with van der Waals surface area (Å²) < 4.78 is 6.23. The van der Waals surface area contributed by atoms with Gasteiger partial charge in [0.25, 0.3) is 0 Å². The molecule has 0 saturated heterocycles. The van der Waals surface area contributed by atoms with Crippen molar-refractivity contribution in [2.45, 2.75) is 12.4 Å². The van der Waals surface area contributed by atoms with Crippen LogP contribution >= 0.6 is 27.5 Å². The van der Waals surface area contributed by atoms with Gasteiger partial charge in [0, 0.05) is 23.9 Å². The van der Waals surface area contributed by atoms with Crippen molar-refractivity contribution in [2.24, 2.45) is 0 Å². The fourth-order valence-electron chi connectivity index (χ4n) is 2.03. The van der Waals surface area contributed by atoms with E-state index in [0.29, 0.717) is 5.88 Å². The highest BCUT2D eigenvalue weighted by Crippen LogP contribution is 2.28. The fraction of sp³-hybridized carbons (Fsp3) is 0.250. The molecular weight excluding hydrogens is 338 g/mol. The number of rotatable bonds is 5. The second-order valence-electron chi connectivity index (χ2n) is 4.62. The molecule has 0 aliphatic heterocycles. The van der Waals surface area contributed by atoms with E-state index in [-0.39, 0.29) is 0 Å². The van der Waals surface area contributed by atoms with Gasteiger partial charge in [-0.2, -0.15) is 0 Å². The first-order valence-corrected chi connectivity index (χ1v) is 7.65. The summed E-state index contributed by atoms with van der Waals surface area (Å²) in [5.74, 6) is 1.41. The quantitative estimate of drug-likeness (QED) is 0.713. The van der Waals surface area contributed by atoms with Crippen LogP contribution in [-0.2, 0) is 12.4 Å². The Balaban J connectivity index is 2.12. The Hall–Kier alpha value is -1.19. The third kappa shape index (κ3) is 3.68. The maximum atomic E-state index is 5.84. The molecule has 20 heavy (non-hydrogen) atoms. The van der Waals surface area contributed by atoms with Crippen molar-refractivity contribution in [3.63, 3.8) is 0 Å². The van der Waals surface area contributed by atoms with E-state index in [1.165, 1.54) is 5.56 Å². The van der Waals surface area contributed by atoms with Gasteiger partial charge in [-0.3, -0.25) is 0 Å². The van der Waals surface area contributed by atoms with Crippen LogP contribution in [0.5, 0.6) is 5.75 Å². The molecule has 106 valence electrons. The van der Waals surface area contributed by atoms with Crippen LogP contribution in [-0.4, -0.2) is 14.2 Å². The Morgan fingerprint density at radius 2 is 1.75 bits per heavy atom. The monoisotopic (exact) mass is 353 g/mol. The van der Waals surface area contributed by atoms with Crippen LogP contribution in [0.2, 0.25) is 0 Å². The SMILES string of the molecule is COc1ccc(CN(C)c2ccc(CCl)cc2Br)cc1. The number of hydrogen-bond acceptors (Lipinski definition) is 2. The van der Waals surface area contributed by atoms with Gasteiger partial charge in [0.2, 0.25) is 0 Å². The van der Waals surface area contributed by atoms with Gasteiger partial charge in [0.05, 0.1) is 12.8 Å². The molecule has 0 aromatic heterocycles. The standard InChI is InChI=1S/C16H17BrClNO/c1-19(11-12-3-6-14(20-2)7-4-12)16-8-5-13(10-18)9-15(16)17/h3-9H,10-11H2,1-2H3. The zero-order valence-corrected chi connectivity index (χ0v) is 13.9. The normalized spacial score (nSPS) is 10.4. The number of anilines is 1. The Kier molecular flexibility index (Phi) is 5.32.